The van der Waals surface area contributed by atoms with Gasteiger partial charge in [-0.3, -0.25) is 4.79 Å². The second kappa shape index (κ2) is 56.7. The number of allylic oxidation sites excluding steroid dienone is 8. The van der Waals surface area contributed by atoms with Crippen molar-refractivity contribution in [3.8, 4) is 0 Å². The first-order valence-electron chi connectivity index (χ1n) is 29.3. The number of carbonyl (C=O) groups excluding carboxylic acids is 1. The van der Waals surface area contributed by atoms with Crippen LogP contribution in [0.2, 0.25) is 0 Å². The second-order valence-corrected chi connectivity index (χ2v) is 20.0. The summed E-state index contributed by atoms with van der Waals surface area (Å²) in [5.41, 5.74) is 0. The van der Waals surface area contributed by atoms with Gasteiger partial charge < -0.3 is 15.5 Å². The van der Waals surface area contributed by atoms with Gasteiger partial charge in [0.1, 0.15) is 0 Å². The lowest BCUT2D eigenvalue weighted by molar-refractivity contribution is -0.123. The number of hydrogen-bond donors (Lipinski definition) is 3. The van der Waals surface area contributed by atoms with Gasteiger partial charge in [-0.1, -0.05) is 306 Å². The van der Waals surface area contributed by atoms with E-state index in [4.69, 9.17) is 0 Å². The highest BCUT2D eigenvalue weighted by molar-refractivity contribution is 5.76. The maximum Gasteiger partial charge on any atom is 0.220 e. The van der Waals surface area contributed by atoms with Gasteiger partial charge >= 0.3 is 0 Å². The predicted octanol–water partition coefficient (Wildman–Crippen LogP) is 19.4. The summed E-state index contributed by atoms with van der Waals surface area (Å²) in [5.74, 6) is -0.0259. The van der Waals surface area contributed by atoms with Crippen LogP contribution in [0.15, 0.2) is 48.6 Å². The summed E-state index contributed by atoms with van der Waals surface area (Å²) in [6.45, 7) is 4.28. The molecule has 4 nitrogen and oxygen atoms in total. The first kappa shape index (κ1) is 63.4. The molecule has 0 bridgehead atoms. The topological polar surface area (TPSA) is 69.6 Å². The second-order valence-electron chi connectivity index (χ2n) is 20.0. The number of aliphatic hydroxyl groups excluding tert-OH is 2. The van der Waals surface area contributed by atoms with E-state index in [1.807, 2.05) is 0 Å². The highest BCUT2D eigenvalue weighted by Gasteiger charge is 2.20. The van der Waals surface area contributed by atoms with Crippen LogP contribution < -0.4 is 5.32 Å². The van der Waals surface area contributed by atoms with Crippen molar-refractivity contribution >= 4 is 5.91 Å². The molecule has 0 aliphatic carbocycles. The molecule has 0 spiro atoms. The van der Waals surface area contributed by atoms with E-state index >= 15 is 0 Å². The number of nitrogens with one attached hydrogen (secondary N) is 1. The van der Waals surface area contributed by atoms with E-state index in [2.05, 4.69) is 67.8 Å². The molecule has 0 saturated heterocycles. The van der Waals surface area contributed by atoms with E-state index in [0.717, 1.165) is 51.4 Å². The van der Waals surface area contributed by atoms with Crippen LogP contribution >= 0.6 is 0 Å². The lowest BCUT2D eigenvalue weighted by Gasteiger charge is -2.22. The zero-order valence-electron chi connectivity index (χ0n) is 44.0. The van der Waals surface area contributed by atoms with Crippen molar-refractivity contribution in [2.75, 3.05) is 6.61 Å². The molecule has 4 heteroatoms. The van der Waals surface area contributed by atoms with Gasteiger partial charge in [0.2, 0.25) is 5.91 Å². The number of carbonyl (C=O) groups is 1. The van der Waals surface area contributed by atoms with E-state index in [0.29, 0.717) is 12.8 Å². The first-order valence-corrected chi connectivity index (χ1v) is 29.3. The van der Waals surface area contributed by atoms with Gasteiger partial charge in [0.15, 0.2) is 0 Å². The largest absolute Gasteiger partial charge is 0.394 e. The summed E-state index contributed by atoms with van der Waals surface area (Å²) < 4.78 is 0. The summed E-state index contributed by atoms with van der Waals surface area (Å²) in [5, 5.41) is 23.4. The molecule has 1 amide bonds. The van der Waals surface area contributed by atoms with E-state index in [-0.39, 0.29) is 12.5 Å². The Morgan fingerprint density at radius 2 is 0.677 bits per heavy atom. The third kappa shape index (κ3) is 53.2. The van der Waals surface area contributed by atoms with E-state index in [9.17, 15) is 15.0 Å². The molecule has 2 atom stereocenters. The number of unbranched alkanes of at least 4 members (excludes halogenated alkanes) is 39. The fraction of sp³-hybridized carbons (Fsp3) is 0.852. The van der Waals surface area contributed by atoms with Gasteiger partial charge in [-0.2, -0.15) is 0 Å². The first-order chi connectivity index (χ1) is 32.2. The Bertz CT molecular complexity index is 1030. The monoisotopic (exact) mass is 910 g/mol. The van der Waals surface area contributed by atoms with Crippen LogP contribution in [-0.4, -0.2) is 34.9 Å². The van der Waals surface area contributed by atoms with Crippen LogP contribution in [-0.2, 0) is 4.79 Å². The minimum absolute atomic E-state index is 0.0259. The predicted molar refractivity (Wildman–Crippen MR) is 290 cm³/mol. The Kier molecular flexibility index (Phi) is 55.2. The molecule has 0 rings (SSSR count). The van der Waals surface area contributed by atoms with Crippen molar-refractivity contribution in [2.24, 2.45) is 0 Å². The molecule has 0 aromatic carbocycles. The van der Waals surface area contributed by atoms with Crippen molar-refractivity contribution in [2.45, 2.75) is 328 Å². The molecule has 3 N–H and O–H groups in total. The van der Waals surface area contributed by atoms with Gasteiger partial charge in [0, 0.05) is 6.42 Å². The van der Waals surface area contributed by atoms with E-state index < -0.39 is 12.1 Å². The van der Waals surface area contributed by atoms with Crippen molar-refractivity contribution < 1.29 is 15.0 Å². The number of hydrogen-bond acceptors (Lipinski definition) is 3. The SMILES string of the molecule is CC/C=C\C/C=C\C/C=C\C/C=C\CCCCCCCCCCCCCCCCCCCCCCC(=O)NC(CO)C(O)CCCCCCCCCCCCCCCCCCCCCC. The van der Waals surface area contributed by atoms with Gasteiger partial charge in [0.25, 0.3) is 0 Å². The maximum atomic E-state index is 12.5. The Morgan fingerprint density at radius 1 is 0.385 bits per heavy atom. The average Bonchev–Trinajstić information content (AvgIpc) is 3.31. The van der Waals surface area contributed by atoms with Gasteiger partial charge in [-0.15, -0.1) is 0 Å². The molecule has 0 aliphatic rings. The zero-order chi connectivity index (χ0) is 47.0. The minimum atomic E-state index is -0.659. The molecule has 382 valence electrons. The van der Waals surface area contributed by atoms with Crippen molar-refractivity contribution in [1.29, 1.82) is 0 Å². The third-order valence-corrected chi connectivity index (χ3v) is 13.6. The minimum Gasteiger partial charge on any atom is -0.394 e. The fourth-order valence-corrected chi connectivity index (χ4v) is 9.18. The summed E-state index contributed by atoms with van der Waals surface area (Å²) in [4.78, 5) is 12.5. The van der Waals surface area contributed by atoms with Crippen molar-refractivity contribution in [1.82, 2.24) is 5.32 Å². The highest BCUT2D eigenvalue weighted by atomic mass is 16.3. The van der Waals surface area contributed by atoms with Crippen LogP contribution in [0.3, 0.4) is 0 Å². The van der Waals surface area contributed by atoms with Crippen LogP contribution in [0.25, 0.3) is 0 Å². The Hall–Kier alpha value is -1.65. The molecule has 0 aromatic rings. The van der Waals surface area contributed by atoms with Crippen LogP contribution in [0.5, 0.6) is 0 Å². The summed E-state index contributed by atoms with van der Waals surface area (Å²) in [6, 6.07) is -0.536. The fourth-order valence-electron chi connectivity index (χ4n) is 9.18. The average molecular weight is 911 g/mol. The molecular formula is C61H115NO3. The lowest BCUT2D eigenvalue weighted by atomic mass is 10.0. The smallest absolute Gasteiger partial charge is 0.220 e. The van der Waals surface area contributed by atoms with E-state index in [1.54, 1.807) is 0 Å². The molecule has 0 heterocycles. The molecular weight excluding hydrogens is 795 g/mol. The quantitative estimate of drug-likeness (QED) is 0.0421. The van der Waals surface area contributed by atoms with Gasteiger partial charge in [0.05, 0.1) is 18.8 Å². The molecule has 0 saturated carbocycles. The van der Waals surface area contributed by atoms with Crippen LogP contribution in [0.4, 0.5) is 0 Å². The van der Waals surface area contributed by atoms with E-state index in [1.165, 1.54) is 238 Å². The molecule has 0 aromatic heterocycles. The van der Waals surface area contributed by atoms with Gasteiger partial charge in [-0.25, -0.2) is 0 Å². The number of aliphatic hydroxyl groups is 2. The third-order valence-electron chi connectivity index (χ3n) is 13.6. The van der Waals surface area contributed by atoms with Crippen LogP contribution in [0, 0.1) is 0 Å². The number of amides is 1. The number of rotatable bonds is 54. The molecule has 0 fully saturated rings. The van der Waals surface area contributed by atoms with Crippen molar-refractivity contribution in [3.05, 3.63) is 48.6 Å². The van der Waals surface area contributed by atoms with Crippen LogP contribution in [0.1, 0.15) is 316 Å². The summed E-state index contributed by atoms with van der Waals surface area (Å²) >= 11 is 0. The zero-order valence-corrected chi connectivity index (χ0v) is 44.0. The molecule has 0 aliphatic heterocycles. The molecule has 0 radical (unpaired) electrons. The standard InChI is InChI=1S/C61H115NO3/c1-3-5-7-9-11-13-15-17-19-21-23-25-26-27-28-29-30-31-32-33-34-35-36-37-39-41-43-45-47-49-51-53-55-57-61(65)62-59(58-63)60(64)56-54-52-50-48-46-44-42-40-38-24-22-20-18-16-14-12-10-8-6-4-2/h5,7,11,13,17,19,23,25,59-60,63-64H,3-4,6,8-10,12,14-16,18,20-22,24,26-58H2,1-2H3,(H,62,65)/b7-5-,13-11-,19-17-,25-23-. The Morgan fingerprint density at radius 3 is 1.02 bits per heavy atom. The lowest BCUT2D eigenvalue weighted by Crippen LogP contribution is -2.45. The van der Waals surface area contributed by atoms with Gasteiger partial charge in [-0.05, 0) is 51.4 Å². The highest BCUT2D eigenvalue weighted by Crippen LogP contribution is 2.18. The Balaban J connectivity index is 3.42. The molecule has 2 unspecified atom stereocenters. The molecule has 65 heavy (non-hydrogen) atoms. The summed E-state index contributed by atoms with van der Waals surface area (Å²) in [7, 11) is 0. The Labute approximate surface area is 407 Å². The summed E-state index contributed by atoms with van der Waals surface area (Å²) in [6.07, 6.45) is 78.3. The maximum absolute atomic E-state index is 12.5. The normalized spacial score (nSPS) is 13.1. The van der Waals surface area contributed by atoms with Crippen molar-refractivity contribution in [3.63, 3.8) is 0 Å².